The van der Waals surface area contributed by atoms with Crippen LogP contribution in [0, 0.1) is 52.3 Å². The number of hydrogen-bond donors (Lipinski definition) is 2. The van der Waals surface area contributed by atoms with E-state index >= 15 is 4.39 Å². The molecule has 0 heterocycles. The number of esters is 1. The summed E-state index contributed by atoms with van der Waals surface area (Å²) >= 11 is 0. The molecule has 0 spiro atoms. The number of halogens is 1. The van der Waals surface area contributed by atoms with Crippen molar-refractivity contribution in [1.29, 1.82) is 0 Å². The molecule has 0 aliphatic heterocycles. The Morgan fingerprint density at radius 3 is 2.40 bits per heavy atom. The molecule has 2 amide bonds. The second-order valence-corrected chi connectivity index (χ2v) is 16.3. The lowest BCUT2D eigenvalue weighted by Crippen LogP contribution is -2.60. The number of alkyl halides is 1. The SMILES string of the molecule is CC[C@H]1CC2C3CCC([C@H](C)CCNC(=O)NS(=O)(=O)c4ccccc4)[C@@]3(C)CCC2[C@@]2(C)CC[C@@H](OC(C)=O)[C@H](F)[C@@H]12. The third-order valence-electron chi connectivity index (χ3n) is 12.6. The van der Waals surface area contributed by atoms with Gasteiger partial charge in [0.15, 0.2) is 0 Å². The molecule has 0 aromatic heterocycles. The minimum atomic E-state index is -3.90. The van der Waals surface area contributed by atoms with Crippen LogP contribution in [0.25, 0.3) is 0 Å². The van der Waals surface area contributed by atoms with Gasteiger partial charge in [0.2, 0.25) is 0 Å². The van der Waals surface area contributed by atoms with E-state index in [2.05, 4.69) is 37.7 Å². The van der Waals surface area contributed by atoms with E-state index < -0.39 is 28.3 Å². The van der Waals surface area contributed by atoms with Crippen LogP contribution < -0.4 is 10.0 Å². The number of amides is 2. The Kier molecular flexibility index (Phi) is 9.24. The Morgan fingerprint density at radius 2 is 1.72 bits per heavy atom. The summed E-state index contributed by atoms with van der Waals surface area (Å²) in [5.41, 5.74) is 0.146. The summed E-state index contributed by atoms with van der Waals surface area (Å²) in [7, 11) is -3.90. The van der Waals surface area contributed by atoms with E-state index in [1.807, 2.05) is 0 Å². The van der Waals surface area contributed by atoms with E-state index in [9.17, 15) is 18.0 Å². The molecule has 2 N–H and O–H groups in total. The highest BCUT2D eigenvalue weighted by atomic mass is 32.2. The second-order valence-electron chi connectivity index (χ2n) is 14.6. The standard InChI is InChI=1S/C34H51FN2O5S/c1-6-23-20-25-27-13-12-26(21(2)16-19-36-32(39)37-43(40,41)24-10-8-7-9-11-24)33(27,4)17-14-28(25)34(5)18-15-29(42-22(3)38)31(35)30(23)34/h7-11,21,23,25-31H,6,12-20H2,1-5H3,(H2,36,37,39)/t21-,23+,25?,26?,27?,28?,29-,30-,31+,33-,34-/m1/s1. The van der Waals surface area contributed by atoms with Gasteiger partial charge in [-0.2, -0.15) is 0 Å². The van der Waals surface area contributed by atoms with Gasteiger partial charge in [0.05, 0.1) is 4.90 Å². The number of rotatable bonds is 8. The third kappa shape index (κ3) is 5.96. The van der Waals surface area contributed by atoms with Crippen molar-refractivity contribution >= 4 is 22.0 Å². The van der Waals surface area contributed by atoms with Gasteiger partial charge in [-0.3, -0.25) is 4.79 Å². The number of sulfonamides is 1. The first-order valence-corrected chi connectivity index (χ1v) is 18.0. The monoisotopic (exact) mass is 618 g/mol. The van der Waals surface area contributed by atoms with E-state index in [1.54, 1.807) is 18.2 Å². The third-order valence-corrected chi connectivity index (χ3v) is 13.9. The molecular formula is C34H51FN2O5S. The van der Waals surface area contributed by atoms with Crippen molar-refractivity contribution in [2.24, 2.45) is 52.3 Å². The predicted octanol–water partition coefficient (Wildman–Crippen LogP) is 6.88. The first-order valence-electron chi connectivity index (χ1n) is 16.5. The molecule has 1 aromatic rings. The van der Waals surface area contributed by atoms with Gasteiger partial charge in [0.25, 0.3) is 10.0 Å². The number of hydrogen-bond acceptors (Lipinski definition) is 5. The molecule has 5 rings (SSSR count). The molecule has 4 aliphatic carbocycles. The minimum Gasteiger partial charge on any atom is -0.459 e. The Morgan fingerprint density at radius 1 is 1.05 bits per heavy atom. The summed E-state index contributed by atoms with van der Waals surface area (Å²) in [5, 5.41) is 2.77. The summed E-state index contributed by atoms with van der Waals surface area (Å²) in [5.74, 6) is 2.49. The van der Waals surface area contributed by atoms with Crippen molar-refractivity contribution in [3.8, 4) is 0 Å². The highest BCUT2D eigenvalue weighted by molar-refractivity contribution is 7.90. The van der Waals surface area contributed by atoms with Crippen molar-refractivity contribution in [2.75, 3.05) is 6.54 Å². The van der Waals surface area contributed by atoms with E-state index in [0.29, 0.717) is 48.5 Å². The van der Waals surface area contributed by atoms with Crippen LogP contribution >= 0.6 is 0 Å². The van der Waals surface area contributed by atoms with Crippen molar-refractivity contribution in [3.63, 3.8) is 0 Å². The molecular weight excluding hydrogens is 567 g/mol. The maximum atomic E-state index is 16.1. The molecule has 9 heteroatoms. The van der Waals surface area contributed by atoms with Gasteiger partial charge in [-0.15, -0.1) is 0 Å². The molecule has 0 bridgehead atoms. The Bertz CT molecular complexity index is 1280. The smallest absolute Gasteiger partial charge is 0.328 e. The van der Waals surface area contributed by atoms with Gasteiger partial charge in [0, 0.05) is 19.4 Å². The summed E-state index contributed by atoms with van der Waals surface area (Å²) < 4.78 is 48.7. The lowest BCUT2D eigenvalue weighted by molar-refractivity contribution is -0.192. The van der Waals surface area contributed by atoms with E-state index in [-0.39, 0.29) is 27.6 Å². The Hall–Kier alpha value is -2.16. The normalized spacial score (nSPS) is 39.5. The predicted molar refractivity (Wildman–Crippen MR) is 164 cm³/mol. The van der Waals surface area contributed by atoms with Gasteiger partial charge in [-0.25, -0.2) is 22.3 Å². The highest BCUT2D eigenvalue weighted by Crippen LogP contribution is 2.69. The van der Waals surface area contributed by atoms with Crippen molar-refractivity contribution in [3.05, 3.63) is 30.3 Å². The molecule has 4 fully saturated rings. The fourth-order valence-electron chi connectivity index (χ4n) is 10.7. The number of urea groups is 1. The maximum absolute atomic E-state index is 16.1. The molecule has 0 saturated heterocycles. The lowest BCUT2D eigenvalue weighted by atomic mass is 9.42. The van der Waals surface area contributed by atoms with Crippen molar-refractivity contribution in [2.45, 2.75) is 110 Å². The second kappa shape index (κ2) is 12.3. The average molecular weight is 619 g/mol. The number of ether oxygens (including phenoxy) is 1. The Labute approximate surface area is 257 Å². The summed E-state index contributed by atoms with van der Waals surface area (Å²) in [6.45, 7) is 11.1. The zero-order valence-corrected chi connectivity index (χ0v) is 27.3. The van der Waals surface area contributed by atoms with E-state index in [0.717, 1.165) is 44.9 Å². The van der Waals surface area contributed by atoms with Gasteiger partial charge in [-0.05, 0) is 110 Å². The van der Waals surface area contributed by atoms with Crippen LogP contribution in [0.1, 0.15) is 92.4 Å². The first kappa shape index (κ1) is 32.2. The number of benzene rings is 1. The number of carbonyl (C=O) groups is 2. The van der Waals surface area contributed by atoms with Crippen LogP contribution in [0.15, 0.2) is 35.2 Å². The Balaban J connectivity index is 1.22. The van der Waals surface area contributed by atoms with Crippen LogP contribution in [-0.2, 0) is 19.6 Å². The summed E-state index contributed by atoms with van der Waals surface area (Å²) in [6, 6.07) is 7.20. The number of nitrogens with one attached hydrogen (secondary N) is 2. The average Bonchev–Trinajstić information content (AvgIpc) is 3.31. The maximum Gasteiger partial charge on any atom is 0.328 e. The van der Waals surface area contributed by atoms with Crippen molar-refractivity contribution in [1.82, 2.24) is 10.0 Å². The first-order chi connectivity index (χ1) is 20.3. The van der Waals surface area contributed by atoms with Crippen LogP contribution in [0.4, 0.5) is 9.18 Å². The lowest BCUT2D eigenvalue weighted by Gasteiger charge is -2.64. The van der Waals surface area contributed by atoms with Gasteiger partial charge >= 0.3 is 12.0 Å². The fourth-order valence-corrected chi connectivity index (χ4v) is 11.7. The zero-order valence-electron chi connectivity index (χ0n) is 26.5. The van der Waals surface area contributed by atoms with Gasteiger partial charge in [-0.1, -0.05) is 52.3 Å². The molecule has 43 heavy (non-hydrogen) atoms. The van der Waals surface area contributed by atoms with Gasteiger partial charge < -0.3 is 10.1 Å². The largest absolute Gasteiger partial charge is 0.459 e. The van der Waals surface area contributed by atoms with Crippen LogP contribution in [0.3, 0.4) is 0 Å². The van der Waals surface area contributed by atoms with Crippen LogP contribution in [-0.4, -0.2) is 39.2 Å². The minimum absolute atomic E-state index is 0.0553. The molecule has 240 valence electrons. The molecule has 4 saturated carbocycles. The molecule has 11 atom stereocenters. The molecule has 4 unspecified atom stereocenters. The van der Waals surface area contributed by atoms with E-state index in [4.69, 9.17) is 4.74 Å². The van der Waals surface area contributed by atoms with Crippen LogP contribution in [0.5, 0.6) is 0 Å². The zero-order chi connectivity index (χ0) is 31.2. The number of carbonyl (C=O) groups excluding carboxylic acids is 2. The van der Waals surface area contributed by atoms with Gasteiger partial charge in [0.1, 0.15) is 12.3 Å². The quantitative estimate of drug-likeness (QED) is 0.310. The highest BCUT2D eigenvalue weighted by Gasteiger charge is 2.64. The van der Waals surface area contributed by atoms with Crippen LogP contribution in [0.2, 0.25) is 0 Å². The summed E-state index contributed by atoms with van der Waals surface area (Å²) in [6.07, 6.45) is 7.26. The van der Waals surface area contributed by atoms with Crippen molar-refractivity contribution < 1.29 is 27.1 Å². The number of fused-ring (bicyclic) bond motifs is 5. The molecule has 4 aliphatic rings. The fraction of sp³-hybridized carbons (Fsp3) is 0.765. The topological polar surface area (TPSA) is 102 Å². The summed E-state index contributed by atoms with van der Waals surface area (Å²) in [4.78, 5) is 24.2. The molecule has 7 nitrogen and oxygen atoms in total. The molecule has 0 radical (unpaired) electrons. The molecule has 1 aromatic carbocycles. The van der Waals surface area contributed by atoms with E-state index in [1.165, 1.54) is 25.5 Å².